The molecule has 1 saturated carbocycles. The van der Waals surface area contributed by atoms with Gasteiger partial charge in [-0.15, -0.1) is 0 Å². The van der Waals surface area contributed by atoms with Crippen molar-refractivity contribution in [2.75, 3.05) is 6.54 Å². The summed E-state index contributed by atoms with van der Waals surface area (Å²) < 4.78 is 0. The molecule has 5 aliphatic rings. The molecule has 284 valence electrons. The first-order valence-corrected chi connectivity index (χ1v) is 21.4. The number of phenolic OH excluding ortho intramolecular Hbond substituents is 1. The van der Waals surface area contributed by atoms with E-state index < -0.39 is 17.3 Å². The molecule has 1 fully saturated rings. The highest BCUT2D eigenvalue weighted by atomic mass is 16.4. The second-order valence-corrected chi connectivity index (χ2v) is 17.6. The number of rotatable bonds is 11. The van der Waals surface area contributed by atoms with Gasteiger partial charge in [0.2, 0.25) is 0 Å². The molecular weight excluding hydrogens is 663 g/mol. The van der Waals surface area contributed by atoms with Crippen molar-refractivity contribution in [3.8, 4) is 5.75 Å². The Morgan fingerprint density at radius 3 is 2.35 bits per heavy atom. The van der Waals surface area contributed by atoms with Crippen LogP contribution >= 0.6 is 0 Å². The van der Waals surface area contributed by atoms with Crippen molar-refractivity contribution in [3.63, 3.8) is 0 Å². The molecule has 0 heterocycles. The molecule has 2 bridgehead atoms. The summed E-state index contributed by atoms with van der Waals surface area (Å²) in [6.45, 7) is 0.766. The molecule has 3 aromatic rings. The second-order valence-electron chi connectivity index (χ2n) is 17.6. The molecule has 0 unspecified atom stereocenters. The minimum atomic E-state index is -0.638. The van der Waals surface area contributed by atoms with Crippen LogP contribution in [0.4, 0.5) is 0 Å². The van der Waals surface area contributed by atoms with Crippen LogP contribution in [0.5, 0.6) is 5.75 Å². The molecule has 0 radical (unpaired) electrons. The number of benzene rings is 3. The molecule has 4 heteroatoms. The summed E-state index contributed by atoms with van der Waals surface area (Å²) in [5, 5.41) is 24.0. The summed E-state index contributed by atoms with van der Waals surface area (Å²) >= 11 is 0. The third kappa shape index (κ3) is 7.65. The van der Waals surface area contributed by atoms with Crippen molar-refractivity contribution in [2.45, 2.75) is 114 Å². The summed E-state index contributed by atoms with van der Waals surface area (Å²) in [5.41, 5.74) is 12.3. The first kappa shape index (κ1) is 37.1. The number of allylic oxidation sites excluding steroid dienone is 3. The Hall–Kier alpha value is -3.89. The van der Waals surface area contributed by atoms with Gasteiger partial charge in [0, 0.05) is 5.41 Å². The lowest BCUT2D eigenvalue weighted by Gasteiger charge is -2.55. The van der Waals surface area contributed by atoms with Gasteiger partial charge in [-0.2, -0.15) is 0 Å². The van der Waals surface area contributed by atoms with Crippen LogP contribution in [0.25, 0.3) is 12.2 Å². The lowest BCUT2D eigenvalue weighted by molar-refractivity contribution is -0.147. The van der Waals surface area contributed by atoms with E-state index in [1.54, 1.807) is 5.57 Å². The highest BCUT2D eigenvalue weighted by molar-refractivity contribution is 5.74. The van der Waals surface area contributed by atoms with Crippen molar-refractivity contribution in [2.24, 2.45) is 41.2 Å². The Kier molecular flexibility index (Phi) is 11.3. The lowest BCUT2D eigenvalue weighted by Crippen LogP contribution is -2.54. The van der Waals surface area contributed by atoms with Crippen LogP contribution in [-0.4, -0.2) is 22.7 Å². The molecule has 4 N–H and O–H groups in total. The number of aliphatic carboxylic acids is 1. The first-order chi connectivity index (χ1) is 26.4. The maximum atomic E-state index is 13.6. The lowest BCUT2D eigenvalue weighted by atomic mass is 9.47. The Morgan fingerprint density at radius 2 is 1.57 bits per heavy atom. The highest BCUT2D eigenvalue weighted by Crippen LogP contribution is 2.59. The van der Waals surface area contributed by atoms with Crippen LogP contribution in [0.15, 0.2) is 90.5 Å². The van der Waals surface area contributed by atoms with Gasteiger partial charge in [-0.25, -0.2) is 0 Å². The molecule has 8 rings (SSSR count). The van der Waals surface area contributed by atoms with E-state index in [0.717, 1.165) is 63.8 Å². The fraction of sp³-hybridized carbons (Fsp3) is 0.500. The number of aromatic hydroxyl groups is 1. The molecular formula is C50H61NO3. The van der Waals surface area contributed by atoms with Crippen molar-refractivity contribution in [1.29, 1.82) is 0 Å². The van der Waals surface area contributed by atoms with Crippen LogP contribution in [0.2, 0.25) is 0 Å². The fourth-order valence-corrected chi connectivity index (χ4v) is 11.8. The van der Waals surface area contributed by atoms with Gasteiger partial charge in [-0.3, -0.25) is 4.79 Å². The Labute approximate surface area is 323 Å². The van der Waals surface area contributed by atoms with Gasteiger partial charge in [-0.1, -0.05) is 116 Å². The van der Waals surface area contributed by atoms with Gasteiger partial charge in [-0.05, 0) is 164 Å². The molecule has 5 aliphatic carbocycles. The number of fused-ring (bicyclic) bond motifs is 3. The molecule has 0 saturated heterocycles. The average molecular weight is 724 g/mol. The van der Waals surface area contributed by atoms with E-state index in [9.17, 15) is 15.0 Å². The van der Waals surface area contributed by atoms with Crippen LogP contribution in [-0.2, 0) is 23.1 Å². The quantitative estimate of drug-likeness (QED) is 0.136. The first-order valence-electron chi connectivity index (χ1n) is 21.4. The summed E-state index contributed by atoms with van der Waals surface area (Å²) in [6, 6.07) is 23.9. The molecule has 1 spiro atoms. The van der Waals surface area contributed by atoms with Crippen LogP contribution < -0.4 is 16.2 Å². The van der Waals surface area contributed by atoms with E-state index in [1.165, 1.54) is 77.6 Å². The van der Waals surface area contributed by atoms with Gasteiger partial charge in [0.05, 0.1) is 5.92 Å². The minimum absolute atomic E-state index is 0.312. The van der Waals surface area contributed by atoms with Crippen LogP contribution in [0, 0.1) is 35.5 Å². The van der Waals surface area contributed by atoms with E-state index in [-0.39, 0.29) is 0 Å². The Bertz CT molecular complexity index is 1970. The summed E-state index contributed by atoms with van der Waals surface area (Å²) in [6.07, 6.45) is 29.6. The fourth-order valence-electron chi connectivity index (χ4n) is 11.8. The molecule has 0 amide bonds. The minimum Gasteiger partial charge on any atom is -0.508 e. The molecule has 8 atom stereocenters. The van der Waals surface area contributed by atoms with Crippen molar-refractivity contribution < 1.29 is 15.0 Å². The van der Waals surface area contributed by atoms with E-state index >= 15 is 0 Å². The number of nitrogens with two attached hydrogens (primary N) is 1. The molecule has 3 aromatic carbocycles. The monoisotopic (exact) mass is 723 g/mol. The maximum Gasteiger partial charge on any atom is 0.307 e. The second kappa shape index (κ2) is 16.5. The van der Waals surface area contributed by atoms with Crippen LogP contribution in [0.1, 0.15) is 118 Å². The molecule has 4 nitrogen and oxygen atoms in total. The normalized spacial score (nSPS) is 30.5. The van der Waals surface area contributed by atoms with Gasteiger partial charge in [0.25, 0.3) is 0 Å². The summed E-state index contributed by atoms with van der Waals surface area (Å²) in [4.78, 5) is 13.6. The zero-order valence-corrected chi connectivity index (χ0v) is 32.2. The zero-order valence-electron chi connectivity index (χ0n) is 32.2. The maximum absolute atomic E-state index is 13.6. The predicted molar refractivity (Wildman–Crippen MR) is 220 cm³/mol. The number of carbonyl (C=O) groups is 1. The third-order valence-corrected chi connectivity index (χ3v) is 14.5. The van der Waals surface area contributed by atoms with E-state index in [4.69, 9.17) is 5.73 Å². The number of hydrogen-bond acceptors (Lipinski definition) is 3. The summed E-state index contributed by atoms with van der Waals surface area (Å²) in [5.74, 6) is 1.85. The van der Waals surface area contributed by atoms with E-state index in [0.29, 0.717) is 41.8 Å². The Balaban J connectivity index is 1.08. The third-order valence-electron chi connectivity index (χ3n) is 14.5. The van der Waals surface area contributed by atoms with Crippen molar-refractivity contribution >= 4 is 18.1 Å². The Morgan fingerprint density at radius 1 is 0.815 bits per heavy atom. The molecule has 0 aliphatic heterocycles. The standard InChI is InChI=1S/C50H61NO3/c51-26-25-35-16-15-34(27-35)9-3-1-2-4-10-37-11-7-8-14-47(49(53)54)50-33-43-31-41-13-6-5-12-40(41)30-42(43)32-44(50)22-19-39-18-17-36(29-48(39)50)28-46(37)38-20-23-45(52)24-21-38/h5-8,12-13,17-18,20-21,23-24,27,29-31,34,37,42-44,46-47,52H,1-4,9-11,14-16,19,22,25-26,28,32-33,51H2,(H,53,54)/b8-7+/t34-,37+,42+,43-,44+,46-,47+,50-/m0/s1. The number of phenols is 1. The van der Waals surface area contributed by atoms with Gasteiger partial charge < -0.3 is 15.9 Å². The molecule has 0 aromatic heterocycles. The topological polar surface area (TPSA) is 83.6 Å². The SMILES string of the molecule is NCCC1=C[C@@H](CCCCCC[C@@H]2C/C=C/C[C@H](C(=O)O)[C@]34C[C@@H]5C=c6ccccc6=C[C@@H]5C[C@H]3CCc3ccc(cc34)C[C@@H]2c2ccc(O)cc2)CC1. The van der Waals surface area contributed by atoms with Crippen molar-refractivity contribution in [3.05, 3.63) is 123 Å². The zero-order chi connectivity index (χ0) is 37.1. The smallest absolute Gasteiger partial charge is 0.307 e. The number of hydrogen-bond donors (Lipinski definition) is 3. The predicted octanol–water partition coefficient (Wildman–Crippen LogP) is 9.51. The summed E-state index contributed by atoms with van der Waals surface area (Å²) in [7, 11) is 0. The highest BCUT2D eigenvalue weighted by Gasteiger charge is 2.56. The number of carboxylic acids is 1. The average Bonchev–Trinajstić information content (AvgIpc) is 3.63. The van der Waals surface area contributed by atoms with Crippen molar-refractivity contribution in [1.82, 2.24) is 0 Å². The molecule has 54 heavy (non-hydrogen) atoms. The van der Waals surface area contributed by atoms with Gasteiger partial charge in [0.1, 0.15) is 5.75 Å². The largest absolute Gasteiger partial charge is 0.508 e. The van der Waals surface area contributed by atoms with E-state index in [1.807, 2.05) is 12.1 Å². The van der Waals surface area contributed by atoms with Gasteiger partial charge >= 0.3 is 5.97 Å². The number of carboxylic acid groups (broad SMARTS) is 1. The van der Waals surface area contributed by atoms with Gasteiger partial charge in [0.15, 0.2) is 0 Å². The van der Waals surface area contributed by atoms with Crippen LogP contribution in [0.3, 0.4) is 0 Å². The van der Waals surface area contributed by atoms with E-state index in [2.05, 4.69) is 85.0 Å². The number of unbranched alkanes of at least 4 members (excludes halogenated alkanes) is 3. The number of aryl methyl sites for hydroxylation is 1.